The number of para-hydroxylation sites is 1. The first-order chi connectivity index (χ1) is 12.1. The molecule has 0 bridgehead atoms. The summed E-state index contributed by atoms with van der Waals surface area (Å²) in [6.45, 7) is 10.7. The van der Waals surface area contributed by atoms with Crippen LogP contribution in [0.2, 0.25) is 0 Å². The molecule has 2 rings (SSSR count). The van der Waals surface area contributed by atoms with Crippen molar-refractivity contribution in [2.75, 3.05) is 6.61 Å². The summed E-state index contributed by atoms with van der Waals surface area (Å²) in [5.74, 6) is 0.354. The maximum absolute atomic E-state index is 12.0. The Balaban J connectivity index is 0. The third kappa shape index (κ3) is 11.3. The summed E-state index contributed by atoms with van der Waals surface area (Å²) < 4.78 is 10.6. The van der Waals surface area contributed by atoms with Gasteiger partial charge in [0, 0.05) is 46.9 Å². The number of rotatable bonds is 7. The zero-order valence-corrected chi connectivity index (χ0v) is 18.6. The van der Waals surface area contributed by atoms with Crippen LogP contribution in [0.15, 0.2) is 33.7 Å². The average molecular weight is 552 g/mol. The number of hydrogen-bond acceptors (Lipinski definition) is 5. The summed E-state index contributed by atoms with van der Waals surface area (Å²) in [6.07, 6.45) is 4.97. The molecule has 0 aliphatic heterocycles. The molecule has 4 nitrogen and oxygen atoms in total. The van der Waals surface area contributed by atoms with Gasteiger partial charge in [-0.3, -0.25) is 9.79 Å². The van der Waals surface area contributed by atoms with Crippen LogP contribution >= 0.6 is 11.3 Å². The second kappa shape index (κ2) is 16.6. The maximum atomic E-state index is 12.0. The van der Waals surface area contributed by atoms with Crippen molar-refractivity contribution in [3.8, 4) is 0 Å². The van der Waals surface area contributed by atoms with E-state index in [1.54, 1.807) is 0 Å². The Morgan fingerprint density at radius 2 is 2.00 bits per heavy atom. The molecular formula is C21H32NO3SYb-. The zero-order valence-electron chi connectivity index (χ0n) is 16.1. The van der Waals surface area contributed by atoms with Gasteiger partial charge in [-0.1, -0.05) is 70.9 Å². The Morgan fingerprint density at radius 3 is 2.59 bits per heavy atom. The number of ether oxygens (including phenoxy) is 1. The van der Waals surface area contributed by atoms with Crippen LogP contribution in [0, 0.1) is 66.0 Å². The third-order valence-corrected chi connectivity index (χ3v) is 4.37. The monoisotopic (exact) mass is 552 g/mol. The third-order valence-electron chi connectivity index (χ3n) is 3.63. The molecule has 2 aromatic rings. The van der Waals surface area contributed by atoms with Gasteiger partial charge in [-0.05, 0) is 30.9 Å². The molecule has 0 spiro atoms. The molecular weight excluding hydrogens is 519 g/mol. The molecule has 0 saturated carbocycles. The van der Waals surface area contributed by atoms with Crippen LogP contribution in [0.5, 0.6) is 0 Å². The largest absolute Gasteiger partial charge is 0.621 e. The molecule has 27 heavy (non-hydrogen) atoms. The molecule has 1 unspecified atom stereocenters. The van der Waals surface area contributed by atoms with E-state index in [0.29, 0.717) is 17.4 Å². The average Bonchev–Trinajstić information content (AvgIpc) is 3.03. The molecule has 1 atom stereocenters. The minimum atomic E-state index is -0.221. The fourth-order valence-electron chi connectivity index (χ4n) is 1.99. The van der Waals surface area contributed by atoms with Crippen molar-refractivity contribution in [1.82, 2.24) is 0 Å². The Labute approximate surface area is 206 Å². The van der Waals surface area contributed by atoms with Gasteiger partial charge in [0.25, 0.3) is 0 Å². The van der Waals surface area contributed by atoms with Gasteiger partial charge in [0.05, 0.1) is 18.7 Å². The normalized spacial score (nSPS) is 11.4. The molecule has 0 fully saturated rings. The molecule has 1 heterocycles. The van der Waals surface area contributed by atoms with Gasteiger partial charge in [-0.15, -0.1) is 0 Å². The second-order valence-electron chi connectivity index (χ2n) is 5.57. The summed E-state index contributed by atoms with van der Waals surface area (Å²) in [5, 5.41) is 0. The minimum absolute atomic E-state index is 0. The molecule has 1 aromatic heterocycles. The first kappa shape index (κ1) is 28.8. The van der Waals surface area contributed by atoms with E-state index in [2.05, 4.69) is 25.1 Å². The van der Waals surface area contributed by atoms with E-state index in [9.17, 15) is 4.79 Å². The predicted molar refractivity (Wildman–Crippen MR) is 109 cm³/mol. The van der Waals surface area contributed by atoms with Gasteiger partial charge in [-0.2, -0.15) is 0 Å². The SMILES string of the molecule is C.CC.CCC(C)CCOC(=O)Cc1ccccc1N=c1o[c-]c(C)s1.[Yb]. The number of benzene rings is 1. The predicted octanol–water partition coefficient (Wildman–Crippen LogP) is 5.87. The van der Waals surface area contributed by atoms with Crippen LogP contribution in [0.3, 0.4) is 0 Å². The van der Waals surface area contributed by atoms with Gasteiger partial charge in [-0.25, -0.2) is 11.3 Å². The number of hydrogen-bond donors (Lipinski definition) is 0. The molecule has 0 aliphatic carbocycles. The summed E-state index contributed by atoms with van der Waals surface area (Å²) in [5.41, 5.74) is 1.56. The summed E-state index contributed by atoms with van der Waals surface area (Å²) in [6, 6.07) is 7.54. The van der Waals surface area contributed by atoms with Crippen LogP contribution < -0.4 is 4.87 Å². The maximum Gasteiger partial charge on any atom is 0.310 e. The van der Waals surface area contributed by atoms with Crippen LogP contribution in [0.25, 0.3) is 0 Å². The Hall–Kier alpha value is -0.361. The quantitative estimate of drug-likeness (QED) is 0.320. The fraction of sp³-hybridized carbons (Fsp3) is 0.524. The minimum Gasteiger partial charge on any atom is -0.621 e. The van der Waals surface area contributed by atoms with Crippen LogP contribution in [0.1, 0.15) is 58.4 Å². The summed E-state index contributed by atoms with van der Waals surface area (Å²) in [7, 11) is 0. The van der Waals surface area contributed by atoms with E-state index in [1.165, 1.54) is 11.3 Å². The Morgan fingerprint density at radius 1 is 1.33 bits per heavy atom. The van der Waals surface area contributed by atoms with Crippen molar-refractivity contribution in [1.29, 1.82) is 0 Å². The summed E-state index contributed by atoms with van der Waals surface area (Å²) >= 11 is 1.42. The topological polar surface area (TPSA) is 51.8 Å². The van der Waals surface area contributed by atoms with Crippen molar-refractivity contribution in [2.45, 2.75) is 61.3 Å². The van der Waals surface area contributed by atoms with E-state index in [1.807, 2.05) is 45.0 Å². The van der Waals surface area contributed by atoms with Crippen molar-refractivity contribution >= 4 is 23.0 Å². The zero-order chi connectivity index (χ0) is 18.7. The number of carbonyl (C=O) groups is 1. The molecule has 0 radical (unpaired) electrons. The van der Waals surface area contributed by atoms with Crippen LogP contribution in [-0.2, 0) is 16.0 Å². The van der Waals surface area contributed by atoms with Crippen LogP contribution in [-0.4, -0.2) is 12.6 Å². The van der Waals surface area contributed by atoms with Crippen molar-refractivity contribution < 1.29 is 60.9 Å². The fourth-order valence-corrected chi connectivity index (χ4v) is 2.56. The van der Waals surface area contributed by atoms with Gasteiger partial charge < -0.3 is 9.15 Å². The van der Waals surface area contributed by atoms with E-state index >= 15 is 0 Å². The molecule has 1 aromatic carbocycles. The molecule has 0 amide bonds. The first-order valence-electron chi connectivity index (χ1n) is 8.85. The standard InChI is InChI=1S/C18H22NO3S.C2H6.CH4.Yb/c1-4-13(2)9-10-21-17(20)11-15-7-5-6-8-16(15)19-18-22-12-14(3)23-18;1-2;;/h5-8,13H,4,9-11H2,1-3H3;1-2H3;1H4;/q-1;;;. The van der Waals surface area contributed by atoms with E-state index in [4.69, 9.17) is 9.15 Å². The van der Waals surface area contributed by atoms with Crippen LogP contribution in [0.4, 0.5) is 5.69 Å². The van der Waals surface area contributed by atoms with Gasteiger partial charge in [0.1, 0.15) is 4.87 Å². The molecule has 0 saturated heterocycles. The Kier molecular flexibility index (Phi) is 17.7. The van der Waals surface area contributed by atoms with Crippen molar-refractivity contribution in [3.63, 3.8) is 0 Å². The van der Waals surface area contributed by atoms with Gasteiger partial charge in [0.2, 0.25) is 0 Å². The van der Waals surface area contributed by atoms with Crippen molar-refractivity contribution in [3.05, 3.63) is 45.8 Å². The van der Waals surface area contributed by atoms with E-state index < -0.39 is 0 Å². The van der Waals surface area contributed by atoms with E-state index in [-0.39, 0.29) is 66.7 Å². The smallest absolute Gasteiger partial charge is 0.310 e. The van der Waals surface area contributed by atoms with E-state index in [0.717, 1.165) is 29.0 Å². The molecule has 6 heteroatoms. The number of aryl methyl sites for hydroxylation is 1. The number of nitrogens with zero attached hydrogens (tertiary/aromatic N) is 1. The second-order valence-corrected chi connectivity index (χ2v) is 6.73. The van der Waals surface area contributed by atoms with Gasteiger partial charge >= 0.3 is 5.97 Å². The van der Waals surface area contributed by atoms with Gasteiger partial charge in [0.15, 0.2) is 0 Å². The number of carbonyl (C=O) groups excluding carboxylic acids is 1. The summed E-state index contributed by atoms with van der Waals surface area (Å²) in [4.78, 5) is 17.9. The van der Waals surface area contributed by atoms with Crippen molar-refractivity contribution in [2.24, 2.45) is 10.9 Å². The molecule has 0 aliphatic rings. The Bertz CT molecular complexity index is 709. The molecule has 160 valence electrons. The number of esters is 1. The molecule has 0 N–H and O–H groups in total. The first-order valence-corrected chi connectivity index (χ1v) is 9.66.